The molecule has 9 rings (SSSR count). The maximum atomic E-state index is 2.62. The molecule has 4 heteroatoms. The van der Waals surface area contributed by atoms with Crippen molar-refractivity contribution in [3.8, 4) is 11.4 Å². The zero-order chi connectivity index (χ0) is 41.8. The van der Waals surface area contributed by atoms with E-state index in [0.29, 0.717) is 0 Å². The topological polar surface area (TPSA) is 13.1 Å². The highest BCUT2D eigenvalue weighted by Gasteiger charge is 2.43. The van der Waals surface area contributed by atoms with E-state index in [1.165, 1.54) is 100 Å². The van der Waals surface area contributed by atoms with Crippen molar-refractivity contribution in [3.63, 3.8) is 0 Å². The Balaban J connectivity index is 1.43. The largest absolute Gasteiger partial charge is 0.314 e. The molecule has 3 nitrogen and oxygen atoms in total. The van der Waals surface area contributed by atoms with Crippen molar-refractivity contribution in [3.05, 3.63) is 130 Å². The van der Waals surface area contributed by atoms with Crippen LogP contribution in [0.4, 0.5) is 17.1 Å². The van der Waals surface area contributed by atoms with E-state index in [-0.39, 0.29) is 28.4 Å². The summed E-state index contributed by atoms with van der Waals surface area (Å²) >= 11 is 0. The Labute approximate surface area is 348 Å². The van der Waals surface area contributed by atoms with Crippen molar-refractivity contribution >= 4 is 62.0 Å². The van der Waals surface area contributed by atoms with Crippen LogP contribution in [0.15, 0.2) is 84.9 Å². The van der Waals surface area contributed by atoms with E-state index in [2.05, 4.69) is 210 Å². The second-order valence-corrected chi connectivity index (χ2v) is 21.8. The zero-order valence-electron chi connectivity index (χ0n) is 38.0. The number of hydrogen-bond donors (Lipinski definition) is 0. The first kappa shape index (κ1) is 38.6. The molecule has 2 aliphatic rings. The summed E-state index contributed by atoms with van der Waals surface area (Å²) in [5, 5.41) is 2.75. The van der Waals surface area contributed by atoms with Gasteiger partial charge in [-0.3, -0.25) is 0 Å². The van der Waals surface area contributed by atoms with Crippen molar-refractivity contribution in [1.82, 2.24) is 9.13 Å². The predicted molar refractivity (Wildman–Crippen MR) is 253 cm³/mol. The molecule has 0 spiro atoms. The van der Waals surface area contributed by atoms with Crippen LogP contribution >= 0.6 is 0 Å². The van der Waals surface area contributed by atoms with Gasteiger partial charge in [0.25, 0.3) is 6.71 Å². The molecule has 0 unspecified atom stereocenters. The fourth-order valence-electron chi connectivity index (χ4n) is 9.90. The van der Waals surface area contributed by atoms with Gasteiger partial charge in [0.05, 0.1) is 5.69 Å². The Kier molecular flexibility index (Phi) is 8.17. The summed E-state index contributed by atoms with van der Waals surface area (Å²) < 4.78 is 5.24. The summed E-state index contributed by atoms with van der Waals surface area (Å²) in [7, 11) is 0. The molecule has 4 heterocycles. The van der Waals surface area contributed by atoms with E-state index < -0.39 is 0 Å². The molecule has 2 aromatic heterocycles. The quantitative estimate of drug-likeness (QED) is 0.163. The number of rotatable bonds is 3. The lowest BCUT2D eigenvalue weighted by Crippen LogP contribution is -2.60. The minimum Gasteiger partial charge on any atom is -0.314 e. The Morgan fingerprint density at radius 3 is 1.09 bits per heavy atom. The van der Waals surface area contributed by atoms with Crippen molar-refractivity contribution in [1.29, 1.82) is 0 Å². The first-order chi connectivity index (χ1) is 27.0. The summed E-state index contributed by atoms with van der Waals surface area (Å²) in [4.78, 5) is 2.49. The van der Waals surface area contributed by atoms with Gasteiger partial charge in [0.2, 0.25) is 0 Å². The summed E-state index contributed by atoms with van der Waals surface area (Å²) in [5.74, 6) is 0. The van der Waals surface area contributed by atoms with Gasteiger partial charge in [-0.05, 0) is 148 Å². The van der Waals surface area contributed by atoms with Gasteiger partial charge in [0.15, 0.2) is 0 Å². The number of aromatic nitrogens is 2. The maximum absolute atomic E-state index is 2.62. The SMILES string of the molecule is Cc1c(C)n2c3c(cc(C(C)(C)C)cc13)B1c3c-2cc(N(c2ccc(C(C)(C)C)cc2)c2ccc(C(C)(C)C)cc2)cc3-n2c(C)c(C)c3cc(C(C)(C)C)cc1c32. The molecule has 296 valence electrons. The highest BCUT2D eigenvalue weighted by Crippen LogP contribution is 2.44. The van der Waals surface area contributed by atoms with Crippen LogP contribution in [0.5, 0.6) is 0 Å². The van der Waals surface area contributed by atoms with Gasteiger partial charge in [-0.2, -0.15) is 0 Å². The summed E-state index contributed by atoms with van der Waals surface area (Å²) in [6.07, 6.45) is 0. The summed E-state index contributed by atoms with van der Waals surface area (Å²) in [5.41, 5.74) is 24.1. The van der Waals surface area contributed by atoms with Crippen LogP contribution in [0, 0.1) is 27.7 Å². The molecule has 7 aromatic rings. The number of benzene rings is 5. The standard InChI is InChI=1S/C54H62BN3/c1-31-33(3)56-46-29-41(58(39-21-17-35(18-22-39)51(5,6)7)40-23-19-36(20-24-40)52(8,9)10)30-47-48(46)55(44-27-37(53(11,12)13)25-42(31)49(44)56)45-28-38(54(14,15)16)26-43-32(2)34(4)57(47)50(43)45/h17-30H,1-16H3. The fraction of sp³-hybridized carbons (Fsp3) is 0.370. The van der Waals surface area contributed by atoms with Crippen LogP contribution < -0.4 is 21.3 Å². The van der Waals surface area contributed by atoms with Gasteiger partial charge < -0.3 is 14.0 Å². The Morgan fingerprint density at radius 2 is 0.759 bits per heavy atom. The third-order valence-corrected chi connectivity index (χ3v) is 13.8. The molecule has 0 radical (unpaired) electrons. The molecule has 0 N–H and O–H groups in total. The van der Waals surface area contributed by atoms with E-state index in [1.807, 2.05) is 0 Å². The Hall–Kier alpha value is -4.96. The highest BCUT2D eigenvalue weighted by molar-refractivity contribution is 7.00. The molecule has 0 amide bonds. The van der Waals surface area contributed by atoms with Crippen LogP contribution in [0.1, 0.15) is 128 Å². The van der Waals surface area contributed by atoms with Gasteiger partial charge >= 0.3 is 0 Å². The monoisotopic (exact) mass is 764 g/mol. The molecule has 0 saturated heterocycles. The van der Waals surface area contributed by atoms with Gasteiger partial charge in [0.1, 0.15) is 0 Å². The number of fused-ring (bicyclic) bond motifs is 4. The van der Waals surface area contributed by atoms with Crippen molar-refractivity contribution in [2.75, 3.05) is 4.90 Å². The van der Waals surface area contributed by atoms with Crippen LogP contribution in [0.2, 0.25) is 0 Å². The average molecular weight is 764 g/mol. The number of nitrogens with zero attached hydrogens (tertiary/aromatic N) is 3. The highest BCUT2D eigenvalue weighted by atomic mass is 15.2. The van der Waals surface area contributed by atoms with E-state index in [0.717, 1.165) is 11.4 Å². The number of anilines is 3. The predicted octanol–water partition coefficient (Wildman–Crippen LogP) is 12.6. The average Bonchev–Trinajstić information content (AvgIpc) is 3.55. The lowest BCUT2D eigenvalue weighted by atomic mass is 9.34. The number of aryl methyl sites for hydroxylation is 2. The van der Waals surface area contributed by atoms with E-state index in [4.69, 9.17) is 0 Å². The molecule has 2 aliphatic heterocycles. The van der Waals surface area contributed by atoms with Crippen LogP contribution in [-0.4, -0.2) is 15.8 Å². The first-order valence-electron chi connectivity index (χ1n) is 21.5. The van der Waals surface area contributed by atoms with Crippen LogP contribution in [-0.2, 0) is 21.7 Å². The Morgan fingerprint density at radius 1 is 0.414 bits per heavy atom. The molecule has 0 saturated carbocycles. The fourth-order valence-corrected chi connectivity index (χ4v) is 9.90. The molecule has 0 fully saturated rings. The molecule has 58 heavy (non-hydrogen) atoms. The molecule has 0 aliphatic carbocycles. The van der Waals surface area contributed by atoms with Crippen LogP contribution in [0.25, 0.3) is 33.2 Å². The first-order valence-corrected chi connectivity index (χ1v) is 21.5. The lowest BCUT2D eigenvalue weighted by molar-refractivity contribution is 0.590. The van der Waals surface area contributed by atoms with Gasteiger partial charge in [0, 0.05) is 55.9 Å². The summed E-state index contributed by atoms with van der Waals surface area (Å²) in [6, 6.07) is 33.7. The van der Waals surface area contributed by atoms with Crippen LogP contribution in [0.3, 0.4) is 0 Å². The third-order valence-electron chi connectivity index (χ3n) is 13.8. The van der Waals surface area contributed by atoms with Gasteiger partial charge in [-0.25, -0.2) is 0 Å². The van der Waals surface area contributed by atoms with Crippen molar-refractivity contribution in [2.45, 2.75) is 132 Å². The number of hydrogen-bond acceptors (Lipinski definition) is 1. The molecule has 0 bridgehead atoms. The van der Waals surface area contributed by atoms with E-state index >= 15 is 0 Å². The van der Waals surface area contributed by atoms with Gasteiger partial charge in [-0.15, -0.1) is 0 Å². The molecular formula is C54H62BN3. The zero-order valence-corrected chi connectivity index (χ0v) is 38.0. The third kappa shape index (κ3) is 5.60. The second kappa shape index (κ2) is 12.3. The molecule has 5 aromatic carbocycles. The normalized spacial score (nSPS) is 13.8. The smallest absolute Gasteiger partial charge is 0.252 e. The molecular weight excluding hydrogens is 701 g/mol. The van der Waals surface area contributed by atoms with Gasteiger partial charge in [-0.1, -0.05) is 119 Å². The Bertz CT molecular complexity index is 2640. The van der Waals surface area contributed by atoms with E-state index in [1.54, 1.807) is 0 Å². The van der Waals surface area contributed by atoms with Crippen molar-refractivity contribution in [2.24, 2.45) is 0 Å². The minimum atomic E-state index is 0.0102. The minimum absolute atomic E-state index is 0.0102. The second-order valence-electron chi connectivity index (χ2n) is 21.8. The maximum Gasteiger partial charge on any atom is 0.252 e. The summed E-state index contributed by atoms with van der Waals surface area (Å²) in [6.45, 7) is 37.4. The van der Waals surface area contributed by atoms with E-state index in [9.17, 15) is 0 Å². The lowest BCUT2D eigenvalue weighted by Gasteiger charge is -2.37. The van der Waals surface area contributed by atoms with Crippen molar-refractivity contribution < 1.29 is 0 Å². The molecule has 0 atom stereocenters.